The van der Waals surface area contributed by atoms with Crippen LogP contribution < -0.4 is 10.6 Å². The summed E-state index contributed by atoms with van der Waals surface area (Å²) in [6, 6.07) is 8.30. The minimum absolute atomic E-state index is 0.0875. The van der Waals surface area contributed by atoms with Gasteiger partial charge < -0.3 is 20.8 Å². The molecule has 160 valence electrons. The molecule has 3 rings (SSSR count). The Bertz CT molecular complexity index is 688. The number of carbonyl (C=O) groups is 1. The lowest BCUT2D eigenvalue weighted by molar-refractivity contribution is -0.139. The number of hydrogen-bond acceptors (Lipinski definition) is 6. The van der Waals surface area contributed by atoms with Crippen molar-refractivity contribution in [1.82, 2.24) is 9.80 Å². The van der Waals surface area contributed by atoms with Gasteiger partial charge in [0.05, 0.1) is 6.54 Å². The van der Waals surface area contributed by atoms with E-state index in [1.807, 2.05) is 29.2 Å². The molecule has 1 aromatic rings. The summed E-state index contributed by atoms with van der Waals surface area (Å²) >= 11 is 0. The third-order valence-electron chi connectivity index (χ3n) is 6.20. The van der Waals surface area contributed by atoms with Gasteiger partial charge in [-0.2, -0.15) is 0 Å². The Morgan fingerprint density at radius 1 is 1.14 bits per heavy atom. The number of rotatable bonds is 8. The lowest BCUT2D eigenvalue weighted by Crippen LogP contribution is -2.57. The predicted molar refractivity (Wildman–Crippen MR) is 114 cm³/mol. The van der Waals surface area contributed by atoms with Gasteiger partial charge in [-0.05, 0) is 49.4 Å². The van der Waals surface area contributed by atoms with Gasteiger partial charge in [-0.25, -0.2) is 0 Å². The van der Waals surface area contributed by atoms with Crippen molar-refractivity contribution < 1.29 is 15.0 Å². The van der Waals surface area contributed by atoms with Gasteiger partial charge in [-0.1, -0.05) is 0 Å². The van der Waals surface area contributed by atoms with E-state index < -0.39 is 5.97 Å². The van der Waals surface area contributed by atoms with E-state index in [0.717, 1.165) is 69.8 Å². The number of nitrogens with zero attached hydrogens (tertiary/aromatic N) is 3. The first-order chi connectivity index (χ1) is 14.0. The third kappa shape index (κ3) is 5.68. The molecule has 2 aliphatic heterocycles. The van der Waals surface area contributed by atoms with Gasteiger partial charge in [-0.15, -0.1) is 0 Å². The molecule has 29 heavy (non-hydrogen) atoms. The number of nitrogens with one attached hydrogen (secondary N) is 1. The van der Waals surface area contributed by atoms with Gasteiger partial charge in [-0.3, -0.25) is 20.0 Å². The fourth-order valence-electron chi connectivity index (χ4n) is 4.71. The van der Waals surface area contributed by atoms with E-state index in [9.17, 15) is 9.90 Å². The third-order valence-corrected chi connectivity index (χ3v) is 6.20. The van der Waals surface area contributed by atoms with Crippen LogP contribution in [0.3, 0.4) is 0 Å². The molecule has 1 aromatic carbocycles. The number of likely N-dealkylation sites (tertiary alicyclic amines) is 1. The fourth-order valence-corrected chi connectivity index (χ4v) is 4.71. The Hall–Kier alpha value is -2.16. The number of benzene rings is 1. The number of hydrogen-bond donors (Lipinski definition) is 4. The zero-order chi connectivity index (χ0) is 20.8. The number of aliphatic hydroxyl groups excluding tert-OH is 1. The molecule has 2 fully saturated rings. The number of anilines is 1. The summed E-state index contributed by atoms with van der Waals surface area (Å²) in [6.07, 6.45) is 2.69. The maximum absolute atomic E-state index is 11.1. The second-order valence-electron chi connectivity index (χ2n) is 8.09. The topological polar surface area (TPSA) is 117 Å². The number of amidine groups is 1. The standard InChI is InChI=1S/C21H33N5O3/c22-21(23)16-3-5-18(6-4-16)25-9-11-26(12-10-25)19-7-8-24(15-20(28)29)14-17(19)2-1-13-27/h3-6,17,19,27H,1-2,7-15H2,(H3,22,23)(H,28,29). The van der Waals surface area contributed by atoms with Gasteiger partial charge in [0, 0.05) is 63.2 Å². The molecule has 0 amide bonds. The molecule has 2 heterocycles. The molecule has 8 heteroatoms. The molecule has 5 N–H and O–H groups in total. The number of nitrogen functional groups attached to an aromatic ring is 1. The minimum atomic E-state index is -0.770. The van der Waals surface area contributed by atoms with Crippen molar-refractivity contribution in [2.45, 2.75) is 25.3 Å². The van der Waals surface area contributed by atoms with Crippen molar-refractivity contribution in [3.8, 4) is 0 Å². The lowest BCUT2D eigenvalue weighted by Gasteiger charge is -2.47. The smallest absolute Gasteiger partial charge is 0.317 e. The Labute approximate surface area is 172 Å². The number of piperazine rings is 1. The first-order valence-electron chi connectivity index (χ1n) is 10.5. The molecule has 2 saturated heterocycles. The van der Waals surface area contributed by atoms with Crippen LogP contribution >= 0.6 is 0 Å². The second-order valence-corrected chi connectivity index (χ2v) is 8.09. The van der Waals surface area contributed by atoms with Gasteiger partial charge in [0.2, 0.25) is 0 Å². The highest BCUT2D eigenvalue weighted by Crippen LogP contribution is 2.28. The quantitative estimate of drug-likeness (QED) is 0.372. The average Bonchev–Trinajstić information content (AvgIpc) is 2.72. The largest absolute Gasteiger partial charge is 0.480 e. The van der Waals surface area contributed by atoms with Crippen molar-refractivity contribution in [3.05, 3.63) is 29.8 Å². The lowest BCUT2D eigenvalue weighted by atomic mass is 9.86. The van der Waals surface area contributed by atoms with Crippen LogP contribution in [0.25, 0.3) is 0 Å². The van der Waals surface area contributed by atoms with Crippen LogP contribution in [-0.4, -0.2) is 90.3 Å². The summed E-state index contributed by atoms with van der Waals surface area (Å²) in [5.41, 5.74) is 7.44. The highest BCUT2D eigenvalue weighted by atomic mass is 16.4. The number of nitrogens with two attached hydrogens (primary N) is 1. The molecular formula is C21H33N5O3. The van der Waals surface area contributed by atoms with Gasteiger partial charge in [0.15, 0.2) is 0 Å². The molecule has 0 saturated carbocycles. The highest BCUT2D eigenvalue weighted by Gasteiger charge is 2.34. The Kier molecular flexibility index (Phi) is 7.46. The van der Waals surface area contributed by atoms with Crippen LogP contribution in [0.1, 0.15) is 24.8 Å². The summed E-state index contributed by atoms with van der Waals surface area (Å²) in [4.78, 5) is 18.0. The SMILES string of the molecule is N=C(N)c1ccc(N2CCN(C3CCN(CC(=O)O)CC3CCCO)CC2)cc1. The number of carboxylic acid groups (broad SMARTS) is 1. The van der Waals surface area contributed by atoms with Crippen molar-refractivity contribution in [1.29, 1.82) is 5.41 Å². The van der Waals surface area contributed by atoms with Crippen molar-refractivity contribution in [2.75, 3.05) is 57.3 Å². The van der Waals surface area contributed by atoms with Gasteiger partial charge in [0.25, 0.3) is 0 Å². The Balaban J connectivity index is 1.57. The van der Waals surface area contributed by atoms with Crippen LogP contribution in [0.4, 0.5) is 5.69 Å². The molecule has 0 spiro atoms. The average molecular weight is 404 g/mol. The van der Waals surface area contributed by atoms with Crippen LogP contribution in [0.15, 0.2) is 24.3 Å². The molecule has 0 radical (unpaired) electrons. The number of aliphatic carboxylic acids is 1. The summed E-state index contributed by atoms with van der Waals surface area (Å²) in [5, 5.41) is 25.9. The van der Waals surface area contributed by atoms with Crippen molar-refractivity contribution in [2.24, 2.45) is 11.7 Å². The van der Waals surface area contributed by atoms with Gasteiger partial charge >= 0.3 is 5.97 Å². The molecule has 0 bridgehead atoms. The molecule has 8 nitrogen and oxygen atoms in total. The number of aliphatic hydroxyl groups is 1. The second kappa shape index (κ2) is 10.0. The molecule has 2 unspecified atom stereocenters. The van der Waals surface area contributed by atoms with E-state index in [-0.39, 0.29) is 19.0 Å². The summed E-state index contributed by atoms with van der Waals surface area (Å²) in [5.74, 6) is -0.282. The highest BCUT2D eigenvalue weighted by molar-refractivity contribution is 5.95. The van der Waals surface area contributed by atoms with Crippen LogP contribution in [-0.2, 0) is 4.79 Å². The molecule has 0 aromatic heterocycles. The maximum Gasteiger partial charge on any atom is 0.317 e. The predicted octanol–water partition coefficient (Wildman–Crippen LogP) is 0.640. The molecule has 2 atom stereocenters. The van der Waals surface area contributed by atoms with E-state index in [0.29, 0.717) is 12.0 Å². The van der Waals surface area contributed by atoms with Crippen LogP contribution in [0.5, 0.6) is 0 Å². The van der Waals surface area contributed by atoms with E-state index in [1.165, 1.54) is 0 Å². The van der Waals surface area contributed by atoms with E-state index >= 15 is 0 Å². The van der Waals surface area contributed by atoms with E-state index in [2.05, 4.69) is 9.80 Å². The van der Waals surface area contributed by atoms with E-state index in [4.69, 9.17) is 16.2 Å². The normalized spacial score (nSPS) is 23.8. The summed E-state index contributed by atoms with van der Waals surface area (Å²) in [7, 11) is 0. The molecular weight excluding hydrogens is 370 g/mol. The van der Waals surface area contributed by atoms with Gasteiger partial charge in [0.1, 0.15) is 5.84 Å². The van der Waals surface area contributed by atoms with E-state index in [1.54, 1.807) is 0 Å². The Morgan fingerprint density at radius 2 is 1.83 bits per heavy atom. The van der Waals surface area contributed by atoms with Crippen molar-refractivity contribution in [3.63, 3.8) is 0 Å². The summed E-state index contributed by atoms with van der Waals surface area (Å²) in [6.45, 7) is 5.76. The number of carboxylic acids is 1. The zero-order valence-electron chi connectivity index (χ0n) is 17.0. The summed E-state index contributed by atoms with van der Waals surface area (Å²) < 4.78 is 0. The Morgan fingerprint density at radius 3 is 2.41 bits per heavy atom. The molecule has 0 aliphatic carbocycles. The van der Waals surface area contributed by atoms with Crippen LogP contribution in [0, 0.1) is 11.3 Å². The first kappa shape index (κ1) is 21.5. The minimum Gasteiger partial charge on any atom is -0.480 e. The maximum atomic E-state index is 11.1. The number of piperidine rings is 1. The zero-order valence-corrected chi connectivity index (χ0v) is 17.0. The first-order valence-corrected chi connectivity index (χ1v) is 10.5. The monoisotopic (exact) mass is 403 g/mol. The fraction of sp³-hybridized carbons (Fsp3) is 0.619. The molecule has 2 aliphatic rings. The van der Waals surface area contributed by atoms with Crippen LogP contribution in [0.2, 0.25) is 0 Å². The van der Waals surface area contributed by atoms with Crippen molar-refractivity contribution >= 4 is 17.5 Å².